The number of nitrogens with one attached hydrogen (secondary N) is 2. The van der Waals surface area contributed by atoms with Crippen LogP contribution in [0.3, 0.4) is 0 Å². The molecule has 1 atom stereocenters. The van der Waals surface area contributed by atoms with Gasteiger partial charge in [0.15, 0.2) is 5.96 Å². The van der Waals surface area contributed by atoms with Crippen LogP contribution in [-0.4, -0.2) is 63.7 Å². The van der Waals surface area contributed by atoms with Gasteiger partial charge in [-0.15, -0.1) is 24.0 Å². The molecule has 0 saturated heterocycles. The van der Waals surface area contributed by atoms with Gasteiger partial charge in [0, 0.05) is 25.6 Å². The smallest absolute Gasteiger partial charge is 0.191 e. The summed E-state index contributed by atoms with van der Waals surface area (Å²) >= 11 is 0. The first-order chi connectivity index (χ1) is 12.8. The lowest BCUT2D eigenvalue weighted by Gasteiger charge is -2.15. The van der Waals surface area contributed by atoms with E-state index in [1.165, 1.54) is 0 Å². The molecule has 0 spiro atoms. The van der Waals surface area contributed by atoms with Gasteiger partial charge in [0.25, 0.3) is 0 Å². The maximum absolute atomic E-state index is 9.63. The highest BCUT2D eigenvalue weighted by atomic mass is 127. The van der Waals surface area contributed by atoms with Crippen LogP contribution < -0.4 is 10.6 Å². The monoisotopic (exact) mass is 493 g/mol. The number of guanidine groups is 1. The van der Waals surface area contributed by atoms with E-state index < -0.39 is 0 Å². The molecule has 0 fully saturated rings. The number of nitrogens with zero attached hydrogens (tertiary/aromatic N) is 1. The largest absolute Gasteiger partial charge is 0.396 e. The topological polar surface area (TPSA) is 75.1 Å². The highest BCUT2D eigenvalue weighted by Crippen LogP contribution is 2.14. The van der Waals surface area contributed by atoms with Gasteiger partial charge in [-0.05, 0) is 18.9 Å². The normalized spacial score (nSPS) is 12.3. The number of aliphatic imine (C=N–C) groups is 1. The molecule has 0 heterocycles. The van der Waals surface area contributed by atoms with E-state index in [-0.39, 0.29) is 36.5 Å². The van der Waals surface area contributed by atoms with Crippen molar-refractivity contribution in [3.8, 4) is 0 Å². The zero-order chi connectivity index (χ0) is 18.9. The maximum Gasteiger partial charge on any atom is 0.191 e. The molecule has 27 heavy (non-hydrogen) atoms. The zero-order valence-electron chi connectivity index (χ0n) is 16.7. The number of ether oxygens (including phenoxy) is 2. The Balaban J connectivity index is 0.00000676. The molecule has 7 heteroatoms. The first-order valence-electron chi connectivity index (χ1n) is 9.65. The molecule has 0 aliphatic heterocycles. The van der Waals surface area contributed by atoms with E-state index in [2.05, 4.69) is 22.5 Å². The van der Waals surface area contributed by atoms with Crippen LogP contribution >= 0.6 is 24.0 Å². The fourth-order valence-corrected chi connectivity index (χ4v) is 2.35. The predicted molar refractivity (Wildman–Crippen MR) is 122 cm³/mol. The molecule has 0 bridgehead atoms. The highest BCUT2D eigenvalue weighted by molar-refractivity contribution is 14.0. The second-order valence-electron chi connectivity index (χ2n) is 6.01. The van der Waals surface area contributed by atoms with Gasteiger partial charge in [-0.25, -0.2) is 0 Å². The summed E-state index contributed by atoms with van der Waals surface area (Å²) in [6.45, 7) is 8.91. The van der Waals surface area contributed by atoms with E-state index in [0.29, 0.717) is 32.9 Å². The Hall–Kier alpha value is -0.900. The van der Waals surface area contributed by atoms with E-state index in [1.807, 2.05) is 37.3 Å². The van der Waals surface area contributed by atoms with Crippen LogP contribution in [0, 0.1) is 0 Å². The molecule has 0 aromatic heterocycles. The molecule has 1 unspecified atom stereocenters. The number of hydrogen-bond donors (Lipinski definition) is 3. The summed E-state index contributed by atoms with van der Waals surface area (Å²) in [6.07, 6.45) is 2.25. The average Bonchev–Trinajstić information content (AvgIpc) is 2.68. The Kier molecular flexibility index (Phi) is 17.8. The molecular weight excluding hydrogens is 457 g/mol. The van der Waals surface area contributed by atoms with Crippen LogP contribution in [0.15, 0.2) is 35.3 Å². The molecule has 0 saturated carbocycles. The van der Waals surface area contributed by atoms with Crippen LogP contribution in [0.5, 0.6) is 0 Å². The molecule has 156 valence electrons. The number of rotatable bonds is 14. The molecule has 1 aromatic rings. The van der Waals surface area contributed by atoms with Crippen molar-refractivity contribution in [3.63, 3.8) is 0 Å². The van der Waals surface area contributed by atoms with Gasteiger partial charge >= 0.3 is 0 Å². The first-order valence-corrected chi connectivity index (χ1v) is 9.65. The number of unbranched alkanes of at least 4 members (excludes halogenated alkanes) is 1. The van der Waals surface area contributed by atoms with E-state index >= 15 is 0 Å². The third-order valence-corrected chi connectivity index (χ3v) is 3.86. The van der Waals surface area contributed by atoms with Crippen molar-refractivity contribution in [2.45, 2.75) is 32.6 Å². The number of benzene rings is 1. The molecule has 0 amide bonds. The number of aliphatic hydroxyl groups is 1. The lowest BCUT2D eigenvalue weighted by molar-refractivity contribution is 0.0487. The van der Waals surface area contributed by atoms with Crippen LogP contribution in [-0.2, 0) is 9.47 Å². The number of aliphatic hydroxyl groups excluding tert-OH is 1. The molecule has 6 nitrogen and oxygen atoms in total. The number of hydrogen-bond acceptors (Lipinski definition) is 4. The van der Waals surface area contributed by atoms with Crippen molar-refractivity contribution in [1.82, 2.24) is 10.6 Å². The van der Waals surface area contributed by atoms with Gasteiger partial charge < -0.3 is 25.2 Å². The van der Waals surface area contributed by atoms with Crippen molar-refractivity contribution in [2.75, 3.05) is 52.7 Å². The fraction of sp³-hybridized carbons (Fsp3) is 0.650. The average molecular weight is 493 g/mol. The van der Waals surface area contributed by atoms with Crippen molar-refractivity contribution in [2.24, 2.45) is 4.99 Å². The summed E-state index contributed by atoms with van der Waals surface area (Å²) in [7, 11) is 0. The van der Waals surface area contributed by atoms with Gasteiger partial charge in [0.05, 0.1) is 33.0 Å². The Bertz CT molecular complexity index is 475. The summed E-state index contributed by atoms with van der Waals surface area (Å²) in [4.78, 5) is 4.58. The number of halogens is 1. The minimum atomic E-state index is 0. The summed E-state index contributed by atoms with van der Waals surface area (Å²) in [5.74, 6) is 0.743. The SMILES string of the molecule is CCCCOCCOCCNC(=NCC(CO)c1ccccc1)NCC.I. The molecule has 1 rings (SSSR count). The molecular formula is C20H36IN3O3. The minimum absolute atomic E-state index is 0. The Morgan fingerprint density at radius 2 is 1.74 bits per heavy atom. The summed E-state index contributed by atoms with van der Waals surface area (Å²) in [6, 6.07) is 9.98. The van der Waals surface area contributed by atoms with Gasteiger partial charge in [0.2, 0.25) is 0 Å². The summed E-state index contributed by atoms with van der Waals surface area (Å²) in [5.41, 5.74) is 1.10. The quantitative estimate of drug-likeness (QED) is 0.161. The van der Waals surface area contributed by atoms with Crippen molar-refractivity contribution in [3.05, 3.63) is 35.9 Å². The van der Waals surface area contributed by atoms with Gasteiger partial charge in [0.1, 0.15) is 0 Å². The van der Waals surface area contributed by atoms with E-state index in [0.717, 1.165) is 37.5 Å². The Labute approximate surface area is 181 Å². The van der Waals surface area contributed by atoms with Crippen LogP contribution in [0.1, 0.15) is 38.2 Å². The zero-order valence-corrected chi connectivity index (χ0v) is 19.0. The van der Waals surface area contributed by atoms with Crippen LogP contribution in [0.25, 0.3) is 0 Å². The summed E-state index contributed by atoms with van der Waals surface area (Å²) in [5, 5.41) is 16.1. The summed E-state index contributed by atoms with van der Waals surface area (Å²) < 4.78 is 11.0. The lowest BCUT2D eigenvalue weighted by Crippen LogP contribution is -2.39. The standard InChI is InChI=1S/C20H35N3O3.HI/c1-3-5-12-25-14-15-26-13-11-22-20(21-4-2)23-16-19(17-24)18-9-7-6-8-10-18;/h6-10,19,24H,3-5,11-17H2,1-2H3,(H2,21,22,23);1H. The van der Waals surface area contributed by atoms with Gasteiger partial charge in [-0.1, -0.05) is 43.7 Å². The highest BCUT2D eigenvalue weighted by Gasteiger charge is 2.09. The Morgan fingerprint density at radius 1 is 1.04 bits per heavy atom. The molecule has 0 aliphatic rings. The second kappa shape index (κ2) is 18.5. The van der Waals surface area contributed by atoms with Gasteiger partial charge in [-0.2, -0.15) is 0 Å². The predicted octanol–water partition coefficient (Wildman–Crippen LogP) is 2.77. The minimum Gasteiger partial charge on any atom is -0.396 e. The third kappa shape index (κ3) is 13.0. The van der Waals surface area contributed by atoms with E-state index in [4.69, 9.17) is 9.47 Å². The maximum atomic E-state index is 9.63. The van der Waals surface area contributed by atoms with Crippen molar-refractivity contribution >= 4 is 29.9 Å². The van der Waals surface area contributed by atoms with E-state index in [9.17, 15) is 5.11 Å². The van der Waals surface area contributed by atoms with Crippen LogP contribution in [0.4, 0.5) is 0 Å². The van der Waals surface area contributed by atoms with Crippen molar-refractivity contribution < 1.29 is 14.6 Å². The molecule has 3 N–H and O–H groups in total. The van der Waals surface area contributed by atoms with Gasteiger partial charge in [-0.3, -0.25) is 4.99 Å². The molecule has 0 aliphatic carbocycles. The first kappa shape index (κ1) is 26.1. The fourth-order valence-electron chi connectivity index (χ4n) is 2.35. The van der Waals surface area contributed by atoms with E-state index in [1.54, 1.807) is 0 Å². The Morgan fingerprint density at radius 3 is 2.37 bits per heavy atom. The molecule has 1 aromatic carbocycles. The van der Waals surface area contributed by atoms with Crippen LogP contribution in [0.2, 0.25) is 0 Å². The third-order valence-electron chi connectivity index (χ3n) is 3.86. The lowest BCUT2D eigenvalue weighted by atomic mass is 10.0. The second-order valence-corrected chi connectivity index (χ2v) is 6.01. The van der Waals surface area contributed by atoms with Crippen molar-refractivity contribution in [1.29, 1.82) is 0 Å². The molecule has 0 radical (unpaired) electrons.